The first-order valence-electron chi connectivity index (χ1n) is 4.40. The highest BCUT2D eigenvalue weighted by molar-refractivity contribution is 14.1. The van der Waals surface area contributed by atoms with Crippen LogP contribution in [0.5, 0.6) is 5.75 Å². The second-order valence-electron chi connectivity index (χ2n) is 2.61. The van der Waals surface area contributed by atoms with Gasteiger partial charge in [-0.3, -0.25) is 0 Å². The molecule has 0 amide bonds. The molecule has 14 heavy (non-hydrogen) atoms. The molecule has 0 saturated heterocycles. The van der Waals surface area contributed by atoms with E-state index in [9.17, 15) is 0 Å². The number of rotatable bonds is 6. The molecule has 4 heteroatoms. The minimum absolute atomic E-state index is 0.591. The van der Waals surface area contributed by atoms with Gasteiger partial charge in [-0.25, -0.2) is 0 Å². The Hall–Kier alpha value is 0.0600. The summed E-state index contributed by atoms with van der Waals surface area (Å²) >= 11 is 6.29. The Kier molecular flexibility index (Phi) is 6.38. The minimum Gasteiger partial charge on any atom is -0.490 e. The summed E-state index contributed by atoms with van der Waals surface area (Å²) in [6, 6.07) is 7.93. The third kappa shape index (κ3) is 4.52. The van der Waals surface area contributed by atoms with Crippen LogP contribution >= 0.6 is 35.2 Å². The largest absolute Gasteiger partial charge is 0.490 e. The highest BCUT2D eigenvalue weighted by Crippen LogP contribution is 2.19. The lowest BCUT2D eigenvalue weighted by molar-refractivity contribution is 0.112. The van der Waals surface area contributed by atoms with Crippen molar-refractivity contribution in [1.82, 2.24) is 0 Å². The summed E-state index contributed by atoms with van der Waals surface area (Å²) < 4.78 is 11.9. The molecule has 1 aromatic carbocycles. The molecule has 1 aromatic rings. The van der Waals surface area contributed by atoms with Crippen molar-refractivity contribution in [2.45, 2.75) is 0 Å². The Morgan fingerprint density at radius 2 is 1.93 bits per heavy atom. The van der Waals surface area contributed by atoms with Gasteiger partial charge in [-0.05, 0) is 34.7 Å². The molecule has 0 unspecified atom stereocenters. The Labute approximate surface area is 104 Å². The Bertz CT molecular complexity index is 268. The van der Waals surface area contributed by atoms with E-state index in [1.165, 1.54) is 0 Å². The molecule has 0 aliphatic carbocycles. The molecule has 0 heterocycles. The van der Waals surface area contributed by atoms with Crippen LogP contribution in [-0.2, 0) is 4.74 Å². The first kappa shape index (κ1) is 12.1. The molecule has 0 aromatic heterocycles. The lowest BCUT2D eigenvalue weighted by atomic mass is 10.3. The lowest BCUT2D eigenvalue weighted by Crippen LogP contribution is -2.08. The fourth-order valence-electron chi connectivity index (χ4n) is 0.939. The molecule has 0 saturated carbocycles. The number of ether oxygens (including phenoxy) is 2. The maximum Gasteiger partial charge on any atom is 0.132 e. The van der Waals surface area contributed by atoms with E-state index in [0.29, 0.717) is 19.8 Å². The maximum absolute atomic E-state index is 5.53. The number of benzene rings is 1. The zero-order valence-electron chi connectivity index (χ0n) is 7.78. The summed E-state index contributed by atoms with van der Waals surface area (Å²) in [5, 5.41) is 0. The van der Waals surface area contributed by atoms with Gasteiger partial charge in [0.1, 0.15) is 12.4 Å². The zero-order valence-corrected chi connectivity index (χ0v) is 10.8. The SMILES string of the molecule is SCCOCCOc1ccccc1I. The van der Waals surface area contributed by atoms with E-state index in [-0.39, 0.29) is 0 Å². The molecular weight excluding hydrogens is 311 g/mol. The third-order valence-electron chi connectivity index (χ3n) is 1.56. The quantitative estimate of drug-likeness (QED) is 0.493. The van der Waals surface area contributed by atoms with Crippen LogP contribution in [0.1, 0.15) is 0 Å². The van der Waals surface area contributed by atoms with E-state index in [2.05, 4.69) is 35.2 Å². The molecule has 0 aliphatic heterocycles. The summed E-state index contributed by atoms with van der Waals surface area (Å²) in [6.07, 6.45) is 0. The molecule has 0 radical (unpaired) electrons. The predicted octanol–water partition coefficient (Wildman–Crippen LogP) is 2.62. The molecule has 0 atom stereocenters. The van der Waals surface area contributed by atoms with Crippen LogP contribution in [0.2, 0.25) is 0 Å². The highest BCUT2D eigenvalue weighted by atomic mass is 127. The van der Waals surface area contributed by atoms with Crippen molar-refractivity contribution in [1.29, 1.82) is 0 Å². The Morgan fingerprint density at radius 3 is 2.64 bits per heavy atom. The molecule has 0 spiro atoms. The smallest absolute Gasteiger partial charge is 0.132 e. The normalized spacial score (nSPS) is 10.1. The summed E-state index contributed by atoms with van der Waals surface area (Å²) in [5.74, 6) is 1.67. The second-order valence-corrected chi connectivity index (χ2v) is 4.22. The topological polar surface area (TPSA) is 18.5 Å². The summed E-state index contributed by atoms with van der Waals surface area (Å²) in [7, 11) is 0. The van der Waals surface area contributed by atoms with Crippen LogP contribution in [-0.4, -0.2) is 25.6 Å². The van der Waals surface area contributed by atoms with Crippen molar-refractivity contribution in [2.75, 3.05) is 25.6 Å². The second kappa shape index (κ2) is 7.36. The van der Waals surface area contributed by atoms with Crippen molar-refractivity contribution in [3.05, 3.63) is 27.8 Å². The standard InChI is InChI=1S/C10H13IO2S/c11-9-3-1-2-4-10(9)13-6-5-12-7-8-14/h1-4,14H,5-8H2. The van der Waals surface area contributed by atoms with Crippen molar-refractivity contribution < 1.29 is 9.47 Å². The molecule has 2 nitrogen and oxygen atoms in total. The molecule has 0 N–H and O–H groups in total. The number of thiol groups is 1. The molecular formula is C10H13IO2S. The van der Waals surface area contributed by atoms with E-state index in [0.717, 1.165) is 15.1 Å². The van der Waals surface area contributed by atoms with E-state index >= 15 is 0 Å². The average Bonchev–Trinajstić information content (AvgIpc) is 2.20. The van der Waals surface area contributed by atoms with Crippen LogP contribution < -0.4 is 4.74 Å². The van der Waals surface area contributed by atoms with Crippen LogP contribution in [0.25, 0.3) is 0 Å². The van der Waals surface area contributed by atoms with Gasteiger partial charge in [0.2, 0.25) is 0 Å². The molecule has 0 aliphatic rings. The average molecular weight is 324 g/mol. The van der Waals surface area contributed by atoms with Crippen LogP contribution in [0.15, 0.2) is 24.3 Å². The molecule has 1 rings (SSSR count). The van der Waals surface area contributed by atoms with Gasteiger partial charge < -0.3 is 9.47 Å². The van der Waals surface area contributed by atoms with Crippen molar-refractivity contribution >= 4 is 35.2 Å². The number of hydrogen-bond donors (Lipinski definition) is 1. The molecule has 78 valence electrons. The van der Waals surface area contributed by atoms with Crippen LogP contribution in [0.4, 0.5) is 0 Å². The van der Waals surface area contributed by atoms with Gasteiger partial charge in [-0.15, -0.1) is 0 Å². The lowest BCUT2D eigenvalue weighted by Gasteiger charge is -2.07. The number of hydrogen-bond acceptors (Lipinski definition) is 3. The van der Waals surface area contributed by atoms with Gasteiger partial charge in [0, 0.05) is 5.75 Å². The van der Waals surface area contributed by atoms with Crippen molar-refractivity contribution in [3.63, 3.8) is 0 Å². The first-order chi connectivity index (χ1) is 6.84. The fourth-order valence-corrected chi connectivity index (χ4v) is 1.61. The van der Waals surface area contributed by atoms with Gasteiger partial charge >= 0.3 is 0 Å². The predicted molar refractivity (Wildman–Crippen MR) is 69.3 cm³/mol. The third-order valence-corrected chi connectivity index (χ3v) is 2.63. The minimum atomic E-state index is 0.591. The number of para-hydroxylation sites is 1. The van der Waals surface area contributed by atoms with E-state index in [1.807, 2.05) is 24.3 Å². The zero-order chi connectivity index (χ0) is 10.2. The first-order valence-corrected chi connectivity index (χ1v) is 6.11. The fraction of sp³-hybridized carbons (Fsp3) is 0.400. The van der Waals surface area contributed by atoms with Gasteiger partial charge in [-0.2, -0.15) is 12.6 Å². The summed E-state index contributed by atoms with van der Waals surface area (Å²) in [4.78, 5) is 0. The Balaban J connectivity index is 2.21. The van der Waals surface area contributed by atoms with Gasteiger partial charge in [0.25, 0.3) is 0 Å². The maximum atomic E-state index is 5.53. The Morgan fingerprint density at radius 1 is 1.14 bits per heavy atom. The van der Waals surface area contributed by atoms with Gasteiger partial charge in [0.15, 0.2) is 0 Å². The molecule has 0 bridgehead atoms. The summed E-state index contributed by atoms with van der Waals surface area (Å²) in [6.45, 7) is 1.89. The monoisotopic (exact) mass is 324 g/mol. The van der Waals surface area contributed by atoms with Gasteiger partial charge in [0.05, 0.1) is 16.8 Å². The van der Waals surface area contributed by atoms with E-state index in [1.54, 1.807) is 0 Å². The highest BCUT2D eigenvalue weighted by Gasteiger charge is 1.97. The summed E-state index contributed by atoms with van der Waals surface area (Å²) in [5.41, 5.74) is 0. The van der Waals surface area contributed by atoms with Crippen molar-refractivity contribution in [3.8, 4) is 5.75 Å². The number of halogens is 1. The van der Waals surface area contributed by atoms with E-state index < -0.39 is 0 Å². The molecule has 0 fully saturated rings. The van der Waals surface area contributed by atoms with Gasteiger partial charge in [-0.1, -0.05) is 12.1 Å². The van der Waals surface area contributed by atoms with Crippen LogP contribution in [0, 0.1) is 3.57 Å². The van der Waals surface area contributed by atoms with Crippen LogP contribution in [0.3, 0.4) is 0 Å². The van der Waals surface area contributed by atoms with Crippen molar-refractivity contribution in [2.24, 2.45) is 0 Å². The van der Waals surface area contributed by atoms with E-state index in [4.69, 9.17) is 9.47 Å².